The van der Waals surface area contributed by atoms with Gasteiger partial charge in [-0.2, -0.15) is 0 Å². The van der Waals surface area contributed by atoms with E-state index in [9.17, 15) is 4.79 Å². The number of amides is 1. The fourth-order valence-corrected chi connectivity index (χ4v) is 5.83. The average Bonchev–Trinajstić information content (AvgIpc) is 3.19. The van der Waals surface area contributed by atoms with E-state index in [1.165, 1.54) is 71.0 Å². The molecule has 1 spiro atoms. The monoisotopic (exact) mass is 348 g/mol. The normalized spacial score (nSPS) is 35.6. The SMILES string of the molecule is O=C1CC[C@@]2(CCCN(CC3CCCCC3)CC2)N1C[C@@H]1CCCO1. The molecule has 0 aromatic heterocycles. The van der Waals surface area contributed by atoms with E-state index in [-0.39, 0.29) is 5.54 Å². The van der Waals surface area contributed by atoms with Crippen LogP contribution >= 0.6 is 0 Å². The van der Waals surface area contributed by atoms with Crippen LogP contribution in [-0.2, 0) is 9.53 Å². The number of ether oxygens (including phenoxy) is 1. The molecule has 0 aromatic carbocycles. The quantitative estimate of drug-likeness (QED) is 0.778. The summed E-state index contributed by atoms with van der Waals surface area (Å²) >= 11 is 0. The Balaban J connectivity index is 1.36. The molecule has 4 heteroatoms. The highest BCUT2D eigenvalue weighted by molar-refractivity contribution is 5.79. The first-order valence-electron chi connectivity index (χ1n) is 10.9. The second-order valence-corrected chi connectivity index (χ2v) is 9.02. The van der Waals surface area contributed by atoms with Crippen molar-refractivity contribution in [2.24, 2.45) is 5.92 Å². The van der Waals surface area contributed by atoms with Gasteiger partial charge < -0.3 is 14.5 Å². The van der Waals surface area contributed by atoms with Crippen molar-refractivity contribution in [2.45, 2.75) is 88.7 Å². The summed E-state index contributed by atoms with van der Waals surface area (Å²) in [7, 11) is 0. The molecule has 3 saturated heterocycles. The lowest BCUT2D eigenvalue weighted by Crippen LogP contribution is -2.49. The maximum atomic E-state index is 12.6. The minimum Gasteiger partial charge on any atom is -0.376 e. The Morgan fingerprint density at radius 1 is 0.920 bits per heavy atom. The van der Waals surface area contributed by atoms with Crippen LogP contribution in [0.5, 0.6) is 0 Å². The Bertz CT molecular complexity index is 457. The number of rotatable bonds is 4. The molecule has 4 fully saturated rings. The Kier molecular flexibility index (Phi) is 5.66. The molecule has 4 nitrogen and oxygen atoms in total. The van der Waals surface area contributed by atoms with Crippen LogP contribution < -0.4 is 0 Å². The van der Waals surface area contributed by atoms with Crippen LogP contribution in [0.1, 0.15) is 77.0 Å². The molecule has 4 aliphatic rings. The largest absolute Gasteiger partial charge is 0.376 e. The number of hydrogen-bond acceptors (Lipinski definition) is 3. The van der Waals surface area contributed by atoms with Crippen molar-refractivity contribution in [1.29, 1.82) is 0 Å². The van der Waals surface area contributed by atoms with Crippen LogP contribution in [0.3, 0.4) is 0 Å². The minimum absolute atomic E-state index is 0.143. The van der Waals surface area contributed by atoms with E-state index in [0.717, 1.165) is 44.8 Å². The predicted octanol–water partition coefficient (Wildman–Crippen LogP) is 3.59. The molecule has 2 atom stereocenters. The first-order chi connectivity index (χ1) is 12.3. The lowest BCUT2D eigenvalue weighted by molar-refractivity contribution is -0.133. The van der Waals surface area contributed by atoms with Gasteiger partial charge in [0.05, 0.1) is 6.10 Å². The fourth-order valence-electron chi connectivity index (χ4n) is 5.83. The standard InChI is InChI=1S/C21H36N2O2/c24-20-9-11-21(23(20)17-19-8-4-15-25-19)10-5-13-22(14-12-21)16-18-6-2-1-3-7-18/h18-19H,1-17H2/t19-,21+/m0/s1. The molecule has 1 amide bonds. The molecule has 1 aliphatic carbocycles. The van der Waals surface area contributed by atoms with Gasteiger partial charge >= 0.3 is 0 Å². The smallest absolute Gasteiger partial charge is 0.223 e. The van der Waals surface area contributed by atoms with E-state index < -0.39 is 0 Å². The van der Waals surface area contributed by atoms with Crippen molar-refractivity contribution in [3.8, 4) is 0 Å². The van der Waals surface area contributed by atoms with Crippen molar-refractivity contribution >= 4 is 5.91 Å². The van der Waals surface area contributed by atoms with Gasteiger partial charge in [0.2, 0.25) is 5.91 Å². The summed E-state index contributed by atoms with van der Waals surface area (Å²) in [4.78, 5) is 17.6. The van der Waals surface area contributed by atoms with Crippen LogP contribution in [0, 0.1) is 5.92 Å². The molecule has 25 heavy (non-hydrogen) atoms. The highest BCUT2D eigenvalue weighted by Crippen LogP contribution is 2.40. The summed E-state index contributed by atoms with van der Waals surface area (Å²) in [6.45, 7) is 5.46. The molecular formula is C21H36N2O2. The van der Waals surface area contributed by atoms with Gasteiger partial charge in [-0.1, -0.05) is 19.3 Å². The first-order valence-corrected chi connectivity index (χ1v) is 10.9. The lowest BCUT2D eigenvalue weighted by atomic mass is 9.87. The zero-order valence-corrected chi connectivity index (χ0v) is 15.9. The second kappa shape index (κ2) is 7.96. The maximum absolute atomic E-state index is 12.6. The third-order valence-corrected chi connectivity index (χ3v) is 7.34. The summed E-state index contributed by atoms with van der Waals surface area (Å²) in [6, 6.07) is 0. The number of nitrogens with zero attached hydrogens (tertiary/aromatic N) is 2. The zero-order valence-electron chi connectivity index (χ0n) is 15.9. The molecule has 0 unspecified atom stereocenters. The van der Waals surface area contributed by atoms with E-state index >= 15 is 0 Å². The average molecular weight is 349 g/mol. The van der Waals surface area contributed by atoms with Gasteiger partial charge in [-0.15, -0.1) is 0 Å². The molecular weight excluding hydrogens is 312 g/mol. The fraction of sp³-hybridized carbons (Fsp3) is 0.952. The molecule has 3 heterocycles. The lowest BCUT2D eigenvalue weighted by Gasteiger charge is -2.39. The summed E-state index contributed by atoms with van der Waals surface area (Å²) < 4.78 is 5.85. The van der Waals surface area contributed by atoms with Gasteiger partial charge in [-0.05, 0) is 63.8 Å². The molecule has 0 radical (unpaired) electrons. The Labute approximate surface area is 153 Å². The van der Waals surface area contributed by atoms with Crippen LogP contribution in [0.15, 0.2) is 0 Å². The molecule has 0 aromatic rings. The van der Waals surface area contributed by atoms with Crippen molar-refractivity contribution in [3.05, 3.63) is 0 Å². The van der Waals surface area contributed by atoms with Crippen molar-refractivity contribution in [3.63, 3.8) is 0 Å². The molecule has 0 bridgehead atoms. The van der Waals surface area contributed by atoms with E-state index in [2.05, 4.69) is 9.80 Å². The van der Waals surface area contributed by atoms with Crippen molar-refractivity contribution in [1.82, 2.24) is 9.80 Å². The van der Waals surface area contributed by atoms with Gasteiger partial charge in [-0.25, -0.2) is 0 Å². The van der Waals surface area contributed by atoms with Gasteiger partial charge in [0.15, 0.2) is 0 Å². The topological polar surface area (TPSA) is 32.8 Å². The van der Waals surface area contributed by atoms with E-state index in [0.29, 0.717) is 12.0 Å². The highest BCUT2D eigenvalue weighted by atomic mass is 16.5. The molecule has 0 N–H and O–H groups in total. The Hall–Kier alpha value is -0.610. The van der Waals surface area contributed by atoms with Gasteiger partial charge in [0, 0.05) is 38.2 Å². The summed E-state index contributed by atoms with van der Waals surface area (Å²) in [5.74, 6) is 1.31. The van der Waals surface area contributed by atoms with Crippen LogP contribution in [0.2, 0.25) is 0 Å². The van der Waals surface area contributed by atoms with Gasteiger partial charge in [-0.3, -0.25) is 4.79 Å². The third kappa shape index (κ3) is 4.05. The first kappa shape index (κ1) is 17.8. The van der Waals surface area contributed by atoms with Gasteiger partial charge in [0.25, 0.3) is 0 Å². The summed E-state index contributed by atoms with van der Waals surface area (Å²) in [5, 5.41) is 0. The third-order valence-electron chi connectivity index (χ3n) is 7.34. The van der Waals surface area contributed by atoms with Crippen LogP contribution in [0.25, 0.3) is 0 Å². The number of carbonyl (C=O) groups is 1. The van der Waals surface area contributed by atoms with Crippen molar-refractivity contribution in [2.75, 3.05) is 32.8 Å². The number of hydrogen-bond donors (Lipinski definition) is 0. The van der Waals surface area contributed by atoms with E-state index in [4.69, 9.17) is 4.74 Å². The summed E-state index contributed by atoms with van der Waals surface area (Å²) in [5.41, 5.74) is 0.143. The number of carbonyl (C=O) groups excluding carboxylic acids is 1. The maximum Gasteiger partial charge on any atom is 0.223 e. The van der Waals surface area contributed by atoms with Crippen LogP contribution in [0.4, 0.5) is 0 Å². The molecule has 3 aliphatic heterocycles. The molecule has 4 rings (SSSR count). The van der Waals surface area contributed by atoms with Crippen molar-refractivity contribution < 1.29 is 9.53 Å². The van der Waals surface area contributed by atoms with Crippen LogP contribution in [-0.4, -0.2) is 60.1 Å². The minimum atomic E-state index is 0.143. The zero-order chi connectivity index (χ0) is 17.1. The van der Waals surface area contributed by atoms with Gasteiger partial charge in [0.1, 0.15) is 0 Å². The number of likely N-dealkylation sites (tertiary alicyclic amines) is 2. The Morgan fingerprint density at radius 3 is 2.60 bits per heavy atom. The predicted molar refractivity (Wildman–Crippen MR) is 99.5 cm³/mol. The van der Waals surface area contributed by atoms with E-state index in [1.54, 1.807) is 0 Å². The summed E-state index contributed by atoms with van der Waals surface area (Å²) in [6.07, 6.45) is 15.2. The highest BCUT2D eigenvalue weighted by Gasteiger charge is 2.46. The molecule has 142 valence electrons. The molecule has 1 saturated carbocycles. The second-order valence-electron chi connectivity index (χ2n) is 9.02. The van der Waals surface area contributed by atoms with E-state index in [1.807, 2.05) is 0 Å². The Morgan fingerprint density at radius 2 is 1.80 bits per heavy atom.